The minimum absolute atomic E-state index is 0.0438. The van der Waals surface area contributed by atoms with E-state index in [4.69, 9.17) is 32.7 Å². The van der Waals surface area contributed by atoms with Crippen molar-refractivity contribution in [3.05, 3.63) is 33.8 Å². The number of carbonyl (C=O) groups excluding carboxylic acids is 1. The quantitative estimate of drug-likeness (QED) is 0.770. The Hall–Kier alpha value is -0.850. The van der Waals surface area contributed by atoms with Crippen LogP contribution >= 0.6 is 23.2 Å². The summed E-state index contributed by atoms with van der Waals surface area (Å²) in [6.45, 7) is 0.567. The van der Waals surface area contributed by atoms with Gasteiger partial charge in [-0.1, -0.05) is 29.3 Å². The molecule has 2 rings (SSSR count). The Kier molecular flexibility index (Phi) is 7.78. The molecule has 1 amide bonds. The Morgan fingerprint density at radius 3 is 2.79 bits per heavy atom. The van der Waals surface area contributed by atoms with E-state index in [2.05, 4.69) is 10.6 Å². The van der Waals surface area contributed by atoms with Crippen LogP contribution in [0, 0.1) is 0 Å². The topological polar surface area (TPSA) is 59.6 Å². The number of methoxy groups -OCH3 is 1. The summed E-state index contributed by atoms with van der Waals surface area (Å²) in [5, 5.41) is 7.14. The fourth-order valence-corrected chi connectivity index (χ4v) is 3.14. The summed E-state index contributed by atoms with van der Waals surface area (Å²) in [5.41, 5.74) is 0.838. The number of hydrogen-bond acceptors (Lipinski definition) is 4. The molecule has 3 atom stereocenters. The van der Waals surface area contributed by atoms with E-state index in [0.717, 1.165) is 24.8 Å². The fraction of sp³-hybridized carbons (Fsp3) is 0.588. The van der Waals surface area contributed by atoms with Crippen LogP contribution in [0.5, 0.6) is 0 Å². The summed E-state index contributed by atoms with van der Waals surface area (Å²) in [6.07, 6.45) is 2.68. The third-order valence-corrected chi connectivity index (χ3v) is 4.92. The van der Waals surface area contributed by atoms with Crippen molar-refractivity contribution < 1.29 is 14.3 Å². The molecule has 0 bridgehead atoms. The lowest BCUT2D eigenvalue weighted by atomic mass is 10.0. The van der Waals surface area contributed by atoms with Crippen LogP contribution in [0.3, 0.4) is 0 Å². The zero-order valence-corrected chi connectivity index (χ0v) is 15.5. The second-order valence-electron chi connectivity index (χ2n) is 5.94. The van der Waals surface area contributed by atoms with Crippen LogP contribution in [0.15, 0.2) is 18.2 Å². The monoisotopic (exact) mass is 374 g/mol. The molecule has 1 saturated heterocycles. The van der Waals surface area contributed by atoms with Gasteiger partial charge >= 0.3 is 0 Å². The molecule has 2 N–H and O–H groups in total. The Morgan fingerprint density at radius 2 is 2.12 bits per heavy atom. The largest absolute Gasteiger partial charge is 0.356 e. The maximum absolute atomic E-state index is 12.0. The van der Waals surface area contributed by atoms with E-state index in [1.54, 1.807) is 25.3 Å². The van der Waals surface area contributed by atoms with Gasteiger partial charge in [0.25, 0.3) is 0 Å². The van der Waals surface area contributed by atoms with Crippen molar-refractivity contribution in [1.29, 1.82) is 0 Å². The highest BCUT2D eigenvalue weighted by atomic mass is 35.5. The minimum Gasteiger partial charge on any atom is -0.356 e. The summed E-state index contributed by atoms with van der Waals surface area (Å²) >= 11 is 11.8. The molecular weight excluding hydrogens is 351 g/mol. The van der Waals surface area contributed by atoms with Gasteiger partial charge in [-0.25, -0.2) is 0 Å². The van der Waals surface area contributed by atoms with Gasteiger partial charge in [-0.05, 0) is 37.6 Å². The highest BCUT2D eigenvalue weighted by molar-refractivity contribution is 6.42. The van der Waals surface area contributed by atoms with Crippen LogP contribution in [0.2, 0.25) is 10.0 Å². The maximum atomic E-state index is 12.0. The number of benzene rings is 1. The molecule has 0 spiro atoms. The second-order valence-corrected chi connectivity index (χ2v) is 6.76. The molecular formula is C17H24Cl2N2O3. The predicted octanol–water partition coefficient (Wildman–Crippen LogP) is 2.78. The molecule has 7 heteroatoms. The van der Waals surface area contributed by atoms with Crippen LogP contribution in [-0.2, 0) is 20.7 Å². The molecule has 5 nitrogen and oxygen atoms in total. The van der Waals surface area contributed by atoms with E-state index in [1.807, 2.05) is 7.05 Å². The third kappa shape index (κ3) is 5.90. The van der Waals surface area contributed by atoms with Crippen LogP contribution < -0.4 is 10.6 Å². The normalized spacial score (nSPS) is 23.9. The van der Waals surface area contributed by atoms with Crippen LogP contribution in [-0.4, -0.2) is 45.0 Å². The van der Waals surface area contributed by atoms with Crippen molar-refractivity contribution in [3.63, 3.8) is 0 Å². The van der Waals surface area contributed by atoms with Crippen LogP contribution in [0.4, 0.5) is 0 Å². The summed E-state index contributed by atoms with van der Waals surface area (Å²) in [4.78, 5) is 12.0. The molecule has 0 aromatic heterocycles. The third-order valence-electron chi connectivity index (χ3n) is 4.18. The van der Waals surface area contributed by atoms with Gasteiger partial charge in [-0.3, -0.25) is 4.79 Å². The van der Waals surface area contributed by atoms with Crippen LogP contribution in [0.25, 0.3) is 0 Å². The van der Waals surface area contributed by atoms with E-state index < -0.39 is 0 Å². The number of rotatable bonds is 7. The van der Waals surface area contributed by atoms with Gasteiger partial charge in [0.1, 0.15) is 0 Å². The second kappa shape index (κ2) is 9.59. The van der Waals surface area contributed by atoms with E-state index in [9.17, 15) is 4.79 Å². The van der Waals surface area contributed by atoms with Crippen molar-refractivity contribution in [1.82, 2.24) is 10.6 Å². The SMILES string of the molecule is CN[C@@H]1C[C@@H](CCNC(=O)Cc2ccc(Cl)c(Cl)c2)O[C@@H](OC)C1. The molecule has 0 radical (unpaired) electrons. The average molecular weight is 375 g/mol. The first-order valence-electron chi connectivity index (χ1n) is 8.08. The molecule has 1 aliphatic rings. The molecule has 0 saturated carbocycles. The van der Waals surface area contributed by atoms with E-state index in [-0.39, 0.29) is 24.7 Å². The summed E-state index contributed by atoms with van der Waals surface area (Å²) < 4.78 is 11.2. The number of halogens is 2. The van der Waals surface area contributed by atoms with E-state index >= 15 is 0 Å². The van der Waals surface area contributed by atoms with Crippen molar-refractivity contribution in [2.24, 2.45) is 0 Å². The smallest absolute Gasteiger partial charge is 0.224 e. The van der Waals surface area contributed by atoms with Gasteiger partial charge in [-0.2, -0.15) is 0 Å². The highest BCUT2D eigenvalue weighted by Crippen LogP contribution is 2.23. The first-order valence-corrected chi connectivity index (χ1v) is 8.83. The molecule has 1 heterocycles. The van der Waals surface area contributed by atoms with Gasteiger partial charge in [0.15, 0.2) is 6.29 Å². The molecule has 134 valence electrons. The zero-order valence-electron chi connectivity index (χ0n) is 14.0. The van der Waals surface area contributed by atoms with Crippen molar-refractivity contribution >= 4 is 29.1 Å². The molecule has 0 unspecified atom stereocenters. The first-order chi connectivity index (χ1) is 11.5. The van der Waals surface area contributed by atoms with Gasteiger partial charge < -0.3 is 20.1 Å². The van der Waals surface area contributed by atoms with Gasteiger partial charge in [-0.15, -0.1) is 0 Å². The number of ether oxygens (including phenoxy) is 2. The van der Waals surface area contributed by atoms with Gasteiger partial charge in [0, 0.05) is 26.1 Å². The van der Waals surface area contributed by atoms with Crippen molar-refractivity contribution in [2.45, 2.75) is 44.1 Å². The summed E-state index contributed by atoms with van der Waals surface area (Å²) in [7, 11) is 3.59. The summed E-state index contributed by atoms with van der Waals surface area (Å²) in [5.74, 6) is -0.0438. The predicted molar refractivity (Wildman–Crippen MR) is 95.5 cm³/mol. The highest BCUT2D eigenvalue weighted by Gasteiger charge is 2.28. The van der Waals surface area contributed by atoms with E-state index in [0.29, 0.717) is 22.6 Å². The van der Waals surface area contributed by atoms with E-state index in [1.165, 1.54) is 0 Å². The zero-order chi connectivity index (χ0) is 17.5. The Morgan fingerprint density at radius 1 is 1.33 bits per heavy atom. The summed E-state index contributed by atoms with van der Waals surface area (Å²) in [6, 6.07) is 5.60. The Bertz CT molecular complexity index is 545. The average Bonchev–Trinajstić information content (AvgIpc) is 2.57. The first kappa shape index (κ1) is 19.5. The number of carbonyl (C=O) groups is 1. The van der Waals surface area contributed by atoms with Crippen molar-refractivity contribution in [2.75, 3.05) is 20.7 Å². The van der Waals surface area contributed by atoms with Crippen molar-refractivity contribution in [3.8, 4) is 0 Å². The Labute approximate surface area is 153 Å². The minimum atomic E-state index is -0.187. The molecule has 1 aromatic rings. The number of amides is 1. The lowest BCUT2D eigenvalue weighted by molar-refractivity contribution is -0.187. The number of hydrogen-bond donors (Lipinski definition) is 2. The lowest BCUT2D eigenvalue weighted by Crippen LogP contribution is -2.43. The molecule has 1 fully saturated rings. The molecule has 24 heavy (non-hydrogen) atoms. The van der Waals surface area contributed by atoms with Gasteiger partial charge in [0.05, 0.1) is 22.6 Å². The molecule has 1 aromatic carbocycles. The number of nitrogens with one attached hydrogen (secondary N) is 2. The maximum Gasteiger partial charge on any atom is 0.224 e. The van der Waals surface area contributed by atoms with Gasteiger partial charge in [0.2, 0.25) is 5.91 Å². The molecule has 0 aliphatic carbocycles. The standard InChI is InChI=1S/C17H24Cl2N2O3/c1-20-12-9-13(24-17(10-12)23-2)5-6-21-16(22)8-11-3-4-14(18)15(19)7-11/h3-4,7,12-13,17,20H,5-6,8-10H2,1-2H3,(H,21,22)/t12-,13-,17-/m1/s1. The lowest BCUT2D eigenvalue weighted by Gasteiger charge is -2.34. The van der Waals surface area contributed by atoms with Crippen LogP contribution in [0.1, 0.15) is 24.8 Å². The Balaban J connectivity index is 1.74. The fourth-order valence-electron chi connectivity index (χ4n) is 2.82. The molecule has 1 aliphatic heterocycles.